The summed E-state index contributed by atoms with van der Waals surface area (Å²) in [5, 5.41) is 12.1. The van der Waals surface area contributed by atoms with Crippen LogP contribution in [0.2, 0.25) is 0 Å². The van der Waals surface area contributed by atoms with Gasteiger partial charge in [0.2, 0.25) is 0 Å². The lowest BCUT2D eigenvalue weighted by Gasteiger charge is -2.42. The Kier molecular flexibility index (Phi) is 6.27. The summed E-state index contributed by atoms with van der Waals surface area (Å²) in [6, 6.07) is 9.95. The Morgan fingerprint density at radius 2 is 1.90 bits per heavy atom. The number of nitrogens with zero attached hydrogens (tertiary/aromatic N) is 2. The van der Waals surface area contributed by atoms with Crippen molar-refractivity contribution in [3.8, 4) is 11.4 Å². The molecule has 0 unspecified atom stereocenters. The molecule has 1 saturated carbocycles. The Balaban J connectivity index is 1.66. The molecule has 0 saturated heterocycles. The van der Waals surface area contributed by atoms with Gasteiger partial charge in [0.1, 0.15) is 5.75 Å². The number of amides is 1. The van der Waals surface area contributed by atoms with E-state index in [1.54, 1.807) is 7.11 Å². The second-order valence-electron chi connectivity index (χ2n) is 7.57. The third-order valence-corrected chi connectivity index (χ3v) is 5.72. The Hall–Kier alpha value is -2.80. The van der Waals surface area contributed by atoms with Crippen LogP contribution in [0.5, 0.6) is 5.75 Å². The van der Waals surface area contributed by atoms with Crippen LogP contribution >= 0.6 is 0 Å². The van der Waals surface area contributed by atoms with Gasteiger partial charge in [-0.1, -0.05) is 6.92 Å². The number of hydrogen-bond acceptors (Lipinski definition) is 4. The number of aromatic nitrogens is 1. The maximum absolute atomic E-state index is 12.8. The molecule has 1 aromatic heterocycles. The summed E-state index contributed by atoms with van der Waals surface area (Å²) in [5.74, 6) is -0.106. The minimum Gasteiger partial charge on any atom is -0.497 e. The lowest BCUT2D eigenvalue weighted by atomic mass is 9.85. The number of carboxylic acids is 1. The van der Waals surface area contributed by atoms with Gasteiger partial charge in [-0.05, 0) is 63.6 Å². The van der Waals surface area contributed by atoms with E-state index in [0.717, 1.165) is 35.7 Å². The van der Waals surface area contributed by atoms with Crippen LogP contribution < -0.4 is 10.1 Å². The quantitative estimate of drug-likeness (QED) is 0.713. The molecule has 1 aromatic carbocycles. The van der Waals surface area contributed by atoms with Crippen molar-refractivity contribution in [1.29, 1.82) is 0 Å². The molecule has 3 rings (SSSR count). The zero-order chi connectivity index (χ0) is 21.1. The normalized spacial score (nSPS) is 18.4. The van der Waals surface area contributed by atoms with Crippen molar-refractivity contribution in [2.75, 3.05) is 20.2 Å². The van der Waals surface area contributed by atoms with E-state index in [-0.39, 0.29) is 24.5 Å². The Labute approximate surface area is 171 Å². The van der Waals surface area contributed by atoms with Gasteiger partial charge in [-0.3, -0.25) is 14.5 Å². The molecule has 1 fully saturated rings. The molecule has 0 spiro atoms. The van der Waals surface area contributed by atoms with E-state index in [0.29, 0.717) is 12.1 Å². The van der Waals surface area contributed by atoms with Gasteiger partial charge in [-0.15, -0.1) is 0 Å². The van der Waals surface area contributed by atoms with Gasteiger partial charge >= 0.3 is 5.97 Å². The molecule has 0 bridgehead atoms. The molecule has 0 aliphatic heterocycles. The fourth-order valence-corrected chi connectivity index (χ4v) is 4.06. The van der Waals surface area contributed by atoms with Gasteiger partial charge in [-0.2, -0.15) is 0 Å². The molecule has 7 nitrogen and oxygen atoms in total. The van der Waals surface area contributed by atoms with Crippen molar-refractivity contribution in [3.63, 3.8) is 0 Å². The zero-order valence-electron chi connectivity index (χ0n) is 17.4. The van der Waals surface area contributed by atoms with Gasteiger partial charge in [0.25, 0.3) is 5.91 Å². The number of nitrogens with one attached hydrogen (secondary N) is 1. The van der Waals surface area contributed by atoms with E-state index in [9.17, 15) is 9.59 Å². The summed E-state index contributed by atoms with van der Waals surface area (Å²) in [6.45, 7) is 6.63. The topological polar surface area (TPSA) is 83.8 Å². The first-order valence-corrected chi connectivity index (χ1v) is 9.94. The van der Waals surface area contributed by atoms with Crippen molar-refractivity contribution in [2.45, 2.75) is 45.7 Å². The SMILES string of the molecule is CCN(CC(=O)O)C1CC(NC(=O)c2cc(C)n(-c3ccc(OC)cc3)c2C)C1. The minimum atomic E-state index is -0.815. The lowest BCUT2D eigenvalue weighted by molar-refractivity contribution is -0.139. The van der Waals surface area contributed by atoms with Gasteiger partial charge in [-0.25, -0.2) is 0 Å². The molecule has 29 heavy (non-hydrogen) atoms. The first-order chi connectivity index (χ1) is 13.8. The maximum Gasteiger partial charge on any atom is 0.317 e. The highest BCUT2D eigenvalue weighted by Gasteiger charge is 2.35. The molecule has 2 aromatic rings. The predicted octanol–water partition coefficient (Wildman–Crippen LogP) is 2.77. The molecule has 1 aliphatic carbocycles. The molecule has 1 heterocycles. The molecule has 1 aliphatic rings. The number of methoxy groups -OCH3 is 1. The molecule has 2 N–H and O–H groups in total. The Bertz CT molecular complexity index is 882. The number of hydrogen-bond donors (Lipinski definition) is 2. The molecular formula is C22H29N3O4. The molecule has 7 heteroatoms. The summed E-state index contributed by atoms with van der Waals surface area (Å²) in [4.78, 5) is 25.7. The number of rotatable bonds is 8. The van der Waals surface area contributed by atoms with Crippen LogP contribution in [0.15, 0.2) is 30.3 Å². The van der Waals surface area contributed by atoms with E-state index < -0.39 is 5.97 Å². The smallest absolute Gasteiger partial charge is 0.317 e. The van der Waals surface area contributed by atoms with Gasteiger partial charge in [0, 0.05) is 29.2 Å². The van der Waals surface area contributed by atoms with Crippen molar-refractivity contribution < 1.29 is 19.4 Å². The van der Waals surface area contributed by atoms with E-state index in [4.69, 9.17) is 9.84 Å². The predicted molar refractivity (Wildman–Crippen MR) is 111 cm³/mol. The lowest BCUT2D eigenvalue weighted by Crippen LogP contribution is -2.54. The second kappa shape index (κ2) is 8.69. The van der Waals surface area contributed by atoms with Crippen molar-refractivity contribution in [3.05, 3.63) is 47.3 Å². The fourth-order valence-electron chi connectivity index (χ4n) is 4.06. The molecule has 0 radical (unpaired) electrons. The number of benzene rings is 1. The third kappa shape index (κ3) is 4.45. The van der Waals surface area contributed by atoms with Gasteiger partial charge in [0.05, 0.1) is 19.2 Å². The number of carbonyl (C=O) groups is 2. The Morgan fingerprint density at radius 3 is 2.45 bits per heavy atom. The highest BCUT2D eigenvalue weighted by Crippen LogP contribution is 2.27. The number of aliphatic carboxylic acids is 1. The van der Waals surface area contributed by atoms with Crippen LogP contribution in [0, 0.1) is 13.8 Å². The maximum atomic E-state index is 12.8. The molecular weight excluding hydrogens is 370 g/mol. The van der Waals surface area contributed by atoms with E-state index >= 15 is 0 Å². The van der Waals surface area contributed by atoms with Gasteiger partial charge in [0.15, 0.2) is 0 Å². The van der Waals surface area contributed by atoms with E-state index in [1.165, 1.54) is 0 Å². The van der Waals surface area contributed by atoms with Crippen LogP contribution in [-0.2, 0) is 4.79 Å². The zero-order valence-corrected chi connectivity index (χ0v) is 17.4. The number of likely N-dealkylation sites (N-methyl/N-ethyl adjacent to an activating group) is 1. The number of carbonyl (C=O) groups excluding carboxylic acids is 1. The summed E-state index contributed by atoms with van der Waals surface area (Å²) in [7, 11) is 1.63. The van der Waals surface area contributed by atoms with Crippen molar-refractivity contribution >= 4 is 11.9 Å². The van der Waals surface area contributed by atoms with E-state index in [1.807, 2.05) is 56.0 Å². The standard InChI is InChI=1S/C22H29N3O4/c1-5-24(13-21(26)27)18-11-16(12-18)23-22(28)20-10-14(2)25(15(20)3)17-6-8-19(29-4)9-7-17/h6-10,16,18H,5,11-13H2,1-4H3,(H,23,28)(H,26,27). The first-order valence-electron chi connectivity index (χ1n) is 9.94. The van der Waals surface area contributed by atoms with Crippen LogP contribution in [0.1, 0.15) is 41.5 Å². The van der Waals surface area contributed by atoms with Crippen LogP contribution in [-0.4, -0.2) is 58.7 Å². The largest absolute Gasteiger partial charge is 0.497 e. The molecule has 156 valence electrons. The van der Waals surface area contributed by atoms with E-state index in [2.05, 4.69) is 9.88 Å². The van der Waals surface area contributed by atoms with Crippen molar-refractivity contribution in [2.24, 2.45) is 0 Å². The summed E-state index contributed by atoms with van der Waals surface area (Å²) < 4.78 is 7.28. The van der Waals surface area contributed by atoms with Crippen LogP contribution in [0.3, 0.4) is 0 Å². The second-order valence-corrected chi connectivity index (χ2v) is 7.57. The number of ether oxygens (including phenoxy) is 1. The summed E-state index contributed by atoms with van der Waals surface area (Å²) in [5.41, 5.74) is 3.53. The number of aryl methyl sites for hydroxylation is 1. The Morgan fingerprint density at radius 1 is 1.24 bits per heavy atom. The molecule has 0 atom stereocenters. The summed E-state index contributed by atoms with van der Waals surface area (Å²) in [6.07, 6.45) is 1.56. The van der Waals surface area contributed by atoms with Crippen molar-refractivity contribution in [1.82, 2.24) is 14.8 Å². The fraction of sp³-hybridized carbons (Fsp3) is 0.455. The monoisotopic (exact) mass is 399 g/mol. The average molecular weight is 399 g/mol. The first kappa shape index (κ1) is 20.9. The van der Waals surface area contributed by atoms with Gasteiger partial charge < -0.3 is 19.7 Å². The highest BCUT2D eigenvalue weighted by molar-refractivity contribution is 5.96. The van der Waals surface area contributed by atoms with Crippen LogP contribution in [0.25, 0.3) is 5.69 Å². The molecule has 1 amide bonds. The third-order valence-electron chi connectivity index (χ3n) is 5.72. The minimum absolute atomic E-state index is 0.0465. The summed E-state index contributed by atoms with van der Waals surface area (Å²) >= 11 is 0. The van der Waals surface area contributed by atoms with Crippen LogP contribution in [0.4, 0.5) is 0 Å². The number of carboxylic acid groups (broad SMARTS) is 1. The average Bonchev–Trinajstić information content (AvgIpc) is 2.96. The highest BCUT2D eigenvalue weighted by atomic mass is 16.5.